The molecule has 150 valence electrons. The number of nitrogens with one attached hydrogen (secondary N) is 1. The third-order valence-corrected chi connectivity index (χ3v) is 7.24. The molecule has 0 aromatic heterocycles. The second-order valence-corrected chi connectivity index (χ2v) is 8.81. The number of carbonyl (C=O) groups is 3. The number of aliphatic hydroxyl groups excluding tert-OH is 1. The van der Waals surface area contributed by atoms with E-state index < -0.39 is 11.5 Å². The highest BCUT2D eigenvalue weighted by Gasteiger charge is 2.51. The molecule has 1 aliphatic carbocycles. The van der Waals surface area contributed by atoms with Crippen molar-refractivity contribution in [3.63, 3.8) is 0 Å². The zero-order valence-corrected chi connectivity index (χ0v) is 16.0. The van der Waals surface area contributed by atoms with E-state index in [0.717, 1.165) is 25.7 Å². The Kier molecular flexibility index (Phi) is 5.14. The Labute approximate surface area is 160 Å². The minimum Gasteiger partial charge on any atom is -0.392 e. The molecule has 7 heteroatoms. The normalized spacial score (nSPS) is 32.9. The van der Waals surface area contributed by atoms with Crippen LogP contribution in [0.3, 0.4) is 0 Å². The highest BCUT2D eigenvalue weighted by molar-refractivity contribution is 5.86. The van der Waals surface area contributed by atoms with E-state index in [1.807, 2.05) is 4.90 Å². The lowest BCUT2D eigenvalue weighted by atomic mass is 9.71. The minimum atomic E-state index is -0.840. The molecule has 3 amide bonds. The summed E-state index contributed by atoms with van der Waals surface area (Å²) in [7, 11) is 0. The summed E-state index contributed by atoms with van der Waals surface area (Å²) in [6.45, 7) is 2.80. The first-order valence-electron chi connectivity index (χ1n) is 10.6. The average Bonchev–Trinajstić information content (AvgIpc) is 2.64. The van der Waals surface area contributed by atoms with E-state index in [-0.39, 0.29) is 29.6 Å². The third-order valence-electron chi connectivity index (χ3n) is 7.24. The number of aliphatic hydroxyl groups is 1. The summed E-state index contributed by atoms with van der Waals surface area (Å²) in [5, 5.41) is 13.4. The van der Waals surface area contributed by atoms with E-state index in [1.165, 1.54) is 0 Å². The van der Waals surface area contributed by atoms with Crippen molar-refractivity contribution in [3.8, 4) is 0 Å². The van der Waals surface area contributed by atoms with Crippen molar-refractivity contribution in [2.24, 2.45) is 17.3 Å². The Bertz CT molecular complexity index is 612. The van der Waals surface area contributed by atoms with Gasteiger partial charge in [-0.25, -0.2) is 0 Å². The van der Waals surface area contributed by atoms with Crippen molar-refractivity contribution in [1.82, 2.24) is 15.1 Å². The number of hydrogen-bond donors (Lipinski definition) is 2. The monoisotopic (exact) mass is 377 g/mol. The van der Waals surface area contributed by atoms with Gasteiger partial charge in [-0.05, 0) is 44.9 Å². The average molecular weight is 377 g/mol. The Morgan fingerprint density at radius 1 is 0.926 bits per heavy atom. The summed E-state index contributed by atoms with van der Waals surface area (Å²) in [6.07, 6.45) is 5.84. The van der Waals surface area contributed by atoms with Gasteiger partial charge in [-0.2, -0.15) is 0 Å². The maximum Gasteiger partial charge on any atom is 0.230 e. The van der Waals surface area contributed by atoms with Crippen LogP contribution in [0.4, 0.5) is 0 Å². The standard InChI is InChI=1S/C20H31N3O4/c24-16-7-12-23(13-20(16)8-2-9-21-19(20)27)18(26)15-5-10-22(11-6-15)17(25)14-3-1-4-14/h14-16,24H,1-13H2,(H,21,27)/t16-,20-/m1/s1. The first-order chi connectivity index (χ1) is 13.0. The van der Waals surface area contributed by atoms with Crippen LogP contribution in [0.25, 0.3) is 0 Å². The number of hydrogen-bond acceptors (Lipinski definition) is 4. The molecule has 1 spiro atoms. The third kappa shape index (κ3) is 3.35. The zero-order valence-electron chi connectivity index (χ0n) is 16.0. The molecule has 2 atom stereocenters. The molecule has 7 nitrogen and oxygen atoms in total. The molecule has 4 fully saturated rings. The second-order valence-electron chi connectivity index (χ2n) is 8.81. The van der Waals surface area contributed by atoms with Crippen molar-refractivity contribution >= 4 is 17.7 Å². The highest BCUT2D eigenvalue weighted by Crippen LogP contribution is 2.38. The SMILES string of the molecule is O=C(C1CCC1)N1CCC(C(=O)N2CC[C@@H](O)[C@@]3(CCCNC3=O)C2)CC1. The quantitative estimate of drug-likeness (QED) is 0.734. The molecule has 3 saturated heterocycles. The van der Waals surface area contributed by atoms with Gasteiger partial charge in [-0.3, -0.25) is 14.4 Å². The Balaban J connectivity index is 1.35. The van der Waals surface area contributed by atoms with Gasteiger partial charge < -0.3 is 20.2 Å². The predicted molar refractivity (Wildman–Crippen MR) is 98.5 cm³/mol. The summed E-state index contributed by atoms with van der Waals surface area (Å²) < 4.78 is 0. The van der Waals surface area contributed by atoms with E-state index in [0.29, 0.717) is 58.4 Å². The molecule has 0 bridgehead atoms. The minimum absolute atomic E-state index is 0.0746. The van der Waals surface area contributed by atoms with E-state index in [1.54, 1.807) is 4.90 Å². The van der Waals surface area contributed by atoms with Gasteiger partial charge in [-0.15, -0.1) is 0 Å². The van der Waals surface area contributed by atoms with Gasteiger partial charge >= 0.3 is 0 Å². The summed E-state index contributed by atoms with van der Waals surface area (Å²) >= 11 is 0. The van der Waals surface area contributed by atoms with Crippen molar-refractivity contribution in [3.05, 3.63) is 0 Å². The van der Waals surface area contributed by atoms with Gasteiger partial charge in [-0.1, -0.05) is 6.42 Å². The van der Waals surface area contributed by atoms with Crippen molar-refractivity contribution in [1.29, 1.82) is 0 Å². The molecule has 1 saturated carbocycles. The number of amides is 3. The second kappa shape index (κ2) is 7.41. The van der Waals surface area contributed by atoms with Crippen LogP contribution >= 0.6 is 0 Å². The molecule has 3 heterocycles. The van der Waals surface area contributed by atoms with E-state index in [4.69, 9.17) is 0 Å². The van der Waals surface area contributed by atoms with E-state index >= 15 is 0 Å². The predicted octanol–water partition coefficient (Wildman–Crippen LogP) is 0.515. The Hall–Kier alpha value is -1.63. The lowest BCUT2D eigenvalue weighted by molar-refractivity contribution is -0.158. The van der Waals surface area contributed by atoms with Crippen molar-refractivity contribution in [2.75, 3.05) is 32.7 Å². The molecule has 0 aromatic carbocycles. The van der Waals surface area contributed by atoms with Gasteiger partial charge in [0.15, 0.2) is 0 Å². The first-order valence-corrected chi connectivity index (χ1v) is 10.6. The molecule has 4 rings (SSSR count). The van der Waals surface area contributed by atoms with Gasteiger partial charge in [0, 0.05) is 44.6 Å². The molecule has 4 aliphatic rings. The van der Waals surface area contributed by atoms with Crippen LogP contribution in [0.1, 0.15) is 51.4 Å². The fraction of sp³-hybridized carbons (Fsp3) is 0.850. The van der Waals surface area contributed by atoms with Gasteiger partial charge in [0.05, 0.1) is 11.5 Å². The molecule has 3 aliphatic heterocycles. The molecular formula is C20H31N3O4. The van der Waals surface area contributed by atoms with E-state index in [9.17, 15) is 19.5 Å². The topological polar surface area (TPSA) is 90.0 Å². The largest absolute Gasteiger partial charge is 0.392 e. The number of rotatable bonds is 2. The molecule has 0 unspecified atom stereocenters. The van der Waals surface area contributed by atoms with Crippen LogP contribution in [-0.2, 0) is 14.4 Å². The Morgan fingerprint density at radius 3 is 2.19 bits per heavy atom. The van der Waals surface area contributed by atoms with Crippen molar-refractivity contribution < 1.29 is 19.5 Å². The lowest BCUT2D eigenvalue weighted by Crippen LogP contribution is -2.62. The molecule has 2 N–H and O–H groups in total. The summed E-state index contributed by atoms with van der Waals surface area (Å²) in [4.78, 5) is 41.7. The van der Waals surface area contributed by atoms with Gasteiger partial charge in [0.25, 0.3) is 0 Å². The van der Waals surface area contributed by atoms with Crippen LogP contribution in [0.5, 0.6) is 0 Å². The van der Waals surface area contributed by atoms with Crippen LogP contribution in [0.15, 0.2) is 0 Å². The number of likely N-dealkylation sites (tertiary alicyclic amines) is 2. The smallest absolute Gasteiger partial charge is 0.230 e. The fourth-order valence-electron chi connectivity index (χ4n) is 5.15. The highest BCUT2D eigenvalue weighted by atomic mass is 16.3. The fourth-order valence-corrected chi connectivity index (χ4v) is 5.15. The molecular weight excluding hydrogens is 346 g/mol. The van der Waals surface area contributed by atoms with Gasteiger partial charge in [0.2, 0.25) is 17.7 Å². The molecule has 0 radical (unpaired) electrons. The van der Waals surface area contributed by atoms with Crippen LogP contribution < -0.4 is 5.32 Å². The maximum atomic E-state index is 13.1. The van der Waals surface area contributed by atoms with Crippen LogP contribution in [0.2, 0.25) is 0 Å². The van der Waals surface area contributed by atoms with Crippen molar-refractivity contribution in [2.45, 2.75) is 57.5 Å². The van der Waals surface area contributed by atoms with Crippen LogP contribution in [0, 0.1) is 17.3 Å². The molecule has 0 aromatic rings. The summed E-state index contributed by atoms with van der Waals surface area (Å²) in [5.41, 5.74) is -0.840. The summed E-state index contributed by atoms with van der Waals surface area (Å²) in [5.74, 6) is 0.390. The first kappa shape index (κ1) is 18.7. The van der Waals surface area contributed by atoms with Gasteiger partial charge in [0.1, 0.15) is 0 Å². The van der Waals surface area contributed by atoms with E-state index in [2.05, 4.69) is 5.32 Å². The maximum absolute atomic E-state index is 13.1. The lowest BCUT2D eigenvalue weighted by Gasteiger charge is -2.48. The molecule has 27 heavy (non-hydrogen) atoms. The zero-order chi connectivity index (χ0) is 19.0. The van der Waals surface area contributed by atoms with Crippen LogP contribution in [-0.4, -0.2) is 71.5 Å². The number of piperidine rings is 3. The number of nitrogens with zero attached hydrogens (tertiary/aromatic N) is 2. The Morgan fingerprint density at radius 2 is 1.56 bits per heavy atom. The number of carbonyl (C=O) groups excluding carboxylic acids is 3. The summed E-state index contributed by atoms with van der Waals surface area (Å²) in [6, 6.07) is 0.